The first-order chi connectivity index (χ1) is 9.33. The van der Waals surface area contributed by atoms with E-state index in [1.54, 1.807) is 6.20 Å². The van der Waals surface area contributed by atoms with Gasteiger partial charge in [0.2, 0.25) is 0 Å². The third kappa shape index (κ3) is 2.57. The first-order valence-electron chi connectivity index (χ1n) is 6.42. The van der Waals surface area contributed by atoms with Crippen LogP contribution in [0, 0.1) is 6.92 Å². The van der Waals surface area contributed by atoms with E-state index in [4.69, 9.17) is 0 Å². The Hall–Kier alpha value is -2.36. The summed E-state index contributed by atoms with van der Waals surface area (Å²) in [5.41, 5.74) is 4.15. The molecule has 0 aliphatic carbocycles. The van der Waals surface area contributed by atoms with Gasteiger partial charge in [-0.05, 0) is 30.7 Å². The van der Waals surface area contributed by atoms with E-state index in [0.717, 1.165) is 35.6 Å². The normalized spacial score (nSPS) is 10.8. The molecule has 0 atom stereocenters. The summed E-state index contributed by atoms with van der Waals surface area (Å²) in [5.74, 6) is 0.972. The van der Waals surface area contributed by atoms with Gasteiger partial charge in [0.1, 0.15) is 5.82 Å². The summed E-state index contributed by atoms with van der Waals surface area (Å²) in [6.45, 7) is 2.91. The summed E-state index contributed by atoms with van der Waals surface area (Å²) in [4.78, 5) is 12.1. The minimum absolute atomic E-state index is 0.801. The summed E-state index contributed by atoms with van der Waals surface area (Å²) in [6.07, 6.45) is 2.65. The number of benzene rings is 1. The number of rotatable bonds is 4. The molecular weight excluding hydrogens is 236 g/mol. The number of para-hydroxylation sites is 1. The number of fused-ring (bicyclic) bond motifs is 1. The molecule has 4 nitrogen and oxygen atoms in total. The van der Waals surface area contributed by atoms with E-state index in [1.165, 1.54) is 5.56 Å². The lowest BCUT2D eigenvalue weighted by Crippen LogP contribution is -2.05. The number of aromatic nitrogens is 3. The number of anilines is 1. The van der Waals surface area contributed by atoms with Gasteiger partial charge < -0.3 is 10.3 Å². The Labute approximate surface area is 111 Å². The molecule has 0 fully saturated rings. The zero-order chi connectivity index (χ0) is 13.1. The zero-order valence-corrected chi connectivity index (χ0v) is 10.9. The first-order valence-corrected chi connectivity index (χ1v) is 6.42. The van der Waals surface area contributed by atoms with Gasteiger partial charge in [0.15, 0.2) is 5.65 Å². The highest BCUT2D eigenvalue weighted by Crippen LogP contribution is 2.13. The molecule has 0 bridgehead atoms. The molecule has 19 heavy (non-hydrogen) atoms. The Morgan fingerprint density at radius 1 is 1.16 bits per heavy atom. The predicted molar refractivity (Wildman–Crippen MR) is 77.3 cm³/mol. The number of aromatic amines is 1. The smallest absolute Gasteiger partial charge is 0.177 e. The SMILES string of the molecule is Cc1ccnc2nc(CCNc3ccccc3)[nH]c12. The molecule has 3 rings (SSSR count). The largest absolute Gasteiger partial charge is 0.385 e. The highest BCUT2D eigenvalue weighted by atomic mass is 15.0. The zero-order valence-electron chi connectivity index (χ0n) is 10.9. The van der Waals surface area contributed by atoms with E-state index >= 15 is 0 Å². The summed E-state index contributed by atoms with van der Waals surface area (Å²) < 4.78 is 0. The molecule has 0 radical (unpaired) electrons. The van der Waals surface area contributed by atoms with Crippen molar-refractivity contribution >= 4 is 16.9 Å². The van der Waals surface area contributed by atoms with Gasteiger partial charge >= 0.3 is 0 Å². The lowest BCUT2D eigenvalue weighted by Gasteiger charge is -2.03. The number of aryl methyl sites for hydroxylation is 1. The molecule has 0 unspecified atom stereocenters. The number of nitrogens with one attached hydrogen (secondary N) is 2. The predicted octanol–water partition coefficient (Wildman–Crippen LogP) is 2.92. The number of H-pyrrole nitrogens is 1. The summed E-state index contributed by atoms with van der Waals surface area (Å²) in [7, 11) is 0. The monoisotopic (exact) mass is 252 g/mol. The lowest BCUT2D eigenvalue weighted by molar-refractivity contribution is 0.933. The molecule has 2 heterocycles. The van der Waals surface area contributed by atoms with Crippen LogP contribution in [0.4, 0.5) is 5.69 Å². The molecule has 0 aliphatic rings. The fourth-order valence-electron chi connectivity index (χ4n) is 2.08. The van der Waals surface area contributed by atoms with Crippen molar-refractivity contribution in [2.24, 2.45) is 0 Å². The van der Waals surface area contributed by atoms with Gasteiger partial charge in [0, 0.05) is 24.8 Å². The fraction of sp³-hybridized carbons (Fsp3) is 0.200. The third-order valence-electron chi connectivity index (χ3n) is 3.11. The van der Waals surface area contributed by atoms with Crippen molar-refractivity contribution in [1.82, 2.24) is 15.0 Å². The van der Waals surface area contributed by atoms with Gasteiger partial charge in [-0.3, -0.25) is 0 Å². The maximum Gasteiger partial charge on any atom is 0.177 e. The van der Waals surface area contributed by atoms with Crippen LogP contribution >= 0.6 is 0 Å². The van der Waals surface area contributed by atoms with E-state index in [1.807, 2.05) is 24.3 Å². The van der Waals surface area contributed by atoms with Crippen LogP contribution in [0.3, 0.4) is 0 Å². The van der Waals surface area contributed by atoms with Crippen molar-refractivity contribution in [3.63, 3.8) is 0 Å². The quantitative estimate of drug-likeness (QED) is 0.750. The minimum atomic E-state index is 0.801. The molecule has 0 saturated carbocycles. The molecule has 0 spiro atoms. The second-order valence-corrected chi connectivity index (χ2v) is 4.55. The molecule has 96 valence electrons. The molecule has 0 saturated heterocycles. The molecule has 2 aromatic heterocycles. The number of hydrogen-bond acceptors (Lipinski definition) is 3. The Kier molecular flexibility index (Phi) is 3.14. The van der Waals surface area contributed by atoms with Crippen LogP contribution < -0.4 is 5.32 Å². The summed E-state index contributed by atoms with van der Waals surface area (Å²) in [5, 5.41) is 3.37. The lowest BCUT2D eigenvalue weighted by atomic mass is 10.3. The van der Waals surface area contributed by atoms with Crippen LogP contribution in [-0.4, -0.2) is 21.5 Å². The number of hydrogen-bond donors (Lipinski definition) is 2. The van der Waals surface area contributed by atoms with Gasteiger partial charge in [0.05, 0.1) is 5.52 Å². The maximum atomic E-state index is 4.50. The Morgan fingerprint density at radius 3 is 2.79 bits per heavy atom. The van der Waals surface area contributed by atoms with E-state index in [9.17, 15) is 0 Å². The average Bonchev–Trinajstić information content (AvgIpc) is 2.84. The number of imidazole rings is 1. The number of nitrogens with zero attached hydrogens (tertiary/aromatic N) is 2. The van der Waals surface area contributed by atoms with E-state index < -0.39 is 0 Å². The fourth-order valence-corrected chi connectivity index (χ4v) is 2.08. The van der Waals surface area contributed by atoms with Crippen molar-refractivity contribution in [2.75, 3.05) is 11.9 Å². The van der Waals surface area contributed by atoms with Crippen LogP contribution in [0.2, 0.25) is 0 Å². The van der Waals surface area contributed by atoms with E-state index in [-0.39, 0.29) is 0 Å². The van der Waals surface area contributed by atoms with Crippen molar-refractivity contribution in [1.29, 1.82) is 0 Å². The van der Waals surface area contributed by atoms with Gasteiger partial charge in [-0.15, -0.1) is 0 Å². The molecule has 3 aromatic rings. The number of pyridine rings is 1. The van der Waals surface area contributed by atoms with Crippen LogP contribution in [0.25, 0.3) is 11.2 Å². The van der Waals surface area contributed by atoms with Gasteiger partial charge in [-0.1, -0.05) is 18.2 Å². The van der Waals surface area contributed by atoms with Crippen molar-refractivity contribution in [2.45, 2.75) is 13.3 Å². The third-order valence-corrected chi connectivity index (χ3v) is 3.11. The molecule has 0 aliphatic heterocycles. The van der Waals surface area contributed by atoms with E-state index in [2.05, 4.69) is 39.3 Å². The molecule has 2 N–H and O–H groups in total. The second-order valence-electron chi connectivity index (χ2n) is 4.55. The van der Waals surface area contributed by atoms with Crippen molar-refractivity contribution < 1.29 is 0 Å². The van der Waals surface area contributed by atoms with Crippen LogP contribution in [0.1, 0.15) is 11.4 Å². The summed E-state index contributed by atoms with van der Waals surface area (Å²) >= 11 is 0. The van der Waals surface area contributed by atoms with Crippen LogP contribution in [-0.2, 0) is 6.42 Å². The summed E-state index contributed by atoms with van der Waals surface area (Å²) in [6, 6.07) is 12.2. The van der Waals surface area contributed by atoms with Crippen LogP contribution in [0.15, 0.2) is 42.6 Å². The minimum Gasteiger partial charge on any atom is -0.385 e. The standard InChI is InChI=1S/C15H16N4/c1-11-7-9-17-15-14(11)18-13(19-15)8-10-16-12-5-3-2-4-6-12/h2-7,9,16H,8,10H2,1H3,(H,17,18,19). The maximum absolute atomic E-state index is 4.50. The Morgan fingerprint density at radius 2 is 2.00 bits per heavy atom. The topological polar surface area (TPSA) is 53.6 Å². The van der Waals surface area contributed by atoms with E-state index in [0.29, 0.717) is 0 Å². The highest BCUT2D eigenvalue weighted by molar-refractivity contribution is 5.74. The molecule has 0 amide bonds. The Balaban J connectivity index is 1.67. The van der Waals surface area contributed by atoms with Crippen LogP contribution in [0.5, 0.6) is 0 Å². The first kappa shape index (κ1) is 11.7. The Bertz CT molecular complexity index is 673. The van der Waals surface area contributed by atoms with Gasteiger partial charge in [-0.2, -0.15) is 0 Å². The van der Waals surface area contributed by atoms with Crippen molar-refractivity contribution in [3.05, 3.63) is 54.0 Å². The molecule has 4 heteroatoms. The molecule has 1 aromatic carbocycles. The highest BCUT2D eigenvalue weighted by Gasteiger charge is 2.05. The van der Waals surface area contributed by atoms with Gasteiger partial charge in [-0.25, -0.2) is 9.97 Å². The van der Waals surface area contributed by atoms with Crippen molar-refractivity contribution in [3.8, 4) is 0 Å². The van der Waals surface area contributed by atoms with Gasteiger partial charge in [0.25, 0.3) is 0 Å². The molecular formula is C15H16N4. The second kappa shape index (κ2) is 5.10. The average molecular weight is 252 g/mol.